The topological polar surface area (TPSA) is 67.9 Å². The lowest BCUT2D eigenvalue weighted by molar-refractivity contribution is -0.122. The van der Waals surface area contributed by atoms with Gasteiger partial charge in [0.2, 0.25) is 0 Å². The van der Waals surface area contributed by atoms with Gasteiger partial charge in [-0.25, -0.2) is 0 Å². The molecule has 0 radical (unpaired) electrons. The molecule has 7 heteroatoms. The fourth-order valence-electron chi connectivity index (χ4n) is 3.84. The van der Waals surface area contributed by atoms with Crippen LogP contribution in [0.2, 0.25) is 0 Å². The molecule has 0 spiro atoms. The standard InChI is InChI=1S/C27H24N2O4S/c1-17-11-18(2)13-20(12-17)16-33-23-10-9-19(15-24(23)32-3)14-22-25(30)28-27(34)29(26(22)31)21-7-5-4-6-8-21/h4-15H,16H2,1-3H3,(H,28,30,34)/b22-14-. The smallest absolute Gasteiger partial charge is 0.270 e. The highest BCUT2D eigenvalue weighted by molar-refractivity contribution is 7.80. The van der Waals surface area contributed by atoms with E-state index < -0.39 is 11.8 Å². The summed E-state index contributed by atoms with van der Waals surface area (Å²) in [6.45, 7) is 4.49. The van der Waals surface area contributed by atoms with E-state index in [9.17, 15) is 9.59 Å². The fraction of sp³-hybridized carbons (Fsp3) is 0.148. The Morgan fingerprint density at radius 1 is 0.941 bits per heavy atom. The Kier molecular flexibility index (Phi) is 6.75. The summed E-state index contributed by atoms with van der Waals surface area (Å²) < 4.78 is 11.5. The van der Waals surface area contributed by atoms with Gasteiger partial charge in [0.15, 0.2) is 16.6 Å². The van der Waals surface area contributed by atoms with Crippen molar-refractivity contribution in [3.63, 3.8) is 0 Å². The van der Waals surface area contributed by atoms with Gasteiger partial charge in [0.1, 0.15) is 12.2 Å². The number of anilines is 1. The number of methoxy groups -OCH3 is 1. The van der Waals surface area contributed by atoms with E-state index in [1.807, 2.05) is 19.9 Å². The first-order chi connectivity index (χ1) is 16.4. The molecule has 0 aromatic heterocycles. The number of nitrogens with one attached hydrogen (secondary N) is 1. The van der Waals surface area contributed by atoms with Crippen molar-refractivity contribution in [1.29, 1.82) is 0 Å². The number of nitrogens with zero attached hydrogens (tertiary/aromatic N) is 1. The second-order valence-corrected chi connectivity index (χ2v) is 8.38. The highest BCUT2D eigenvalue weighted by Crippen LogP contribution is 2.30. The van der Waals surface area contributed by atoms with Crippen LogP contribution in [0.5, 0.6) is 11.5 Å². The minimum absolute atomic E-state index is 0.0246. The van der Waals surface area contributed by atoms with Gasteiger partial charge in [-0.05, 0) is 67.5 Å². The molecule has 0 saturated carbocycles. The van der Waals surface area contributed by atoms with E-state index in [0.29, 0.717) is 29.4 Å². The molecule has 0 unspecified atom stereocenters. The van der Waals surface area contributed by atoms with Crippen LogP contribution in [0.1, 0.15) is 22.3 Å². The van der Waals surface area contributed by atoms with Gasteiger partial charge in [-0.1, -0.05) is 53.6 Å². The van der Waals surface area contributed by atoms with Crippen LogP contribution in [-0.2, 0) is 16.2 Å². The zero-order chi connectivity index (χ0) is 24.2. The molecule has 1 saturated heterocycles. The third kappa shape index (κ3) is 5.00. The molecular formula is C27H24N2O4S. The number of para-hydroxylation sites is 1. The van der Waals surface area contributed by atoms with Crippen LogP contribution in [0, 0.1) is 13.8 Å². The van der Waals surface area contributed by atoms with Crippen molar-refractivity contribution < 1.29 is 19.1 Å². The number of hydrogen-bond acceptors (Lipinski definition) is 5. The summed E-state index contributed by atoms with van der Waals surface area (Å²) in [5.41, 5.74) is 4.58. The molecule has 4 rings (SSSR count). The molecule has 3 aromatic carbocycles. The van der Waals surface area contributed by atoms with Crippen LogP contribution in [0.15, 0.2) is 72.3 Å². The van der Waals surface area contributed by atoms with Gasteiger partial charge in [-0.2, -0.15) is 0 Å². The maximum Gasteiger partial charge on any atom is 0.270 e. The maximum atomic E-state index is 13.1. The van der Waals surface area contributed by atoms with Crippen molar-refractivity contribution in [3.8, 4) is 11.5 Å². The van der Waals surface area contributed by atoms with Gasteiger partial charge in [0.05, 0.1) is 12.8 Å². The lowest BCUT2D eigenvalue weighted by Gasteiger charge is -2.28. The number of aryl methyl sites for hydroxylation is 2. The molecule has 0 aliphatic carbocycles. The molecule has 3 aromatic rings. The fourth-order valence-corrected chi connectivity index (χ4v) is 4.12. The molecule has 1 N–H and O–H groups in total. The van der Waals surface area contributed by atoms with E-state index in [1.54, 1.807) is 49.6 Å². The number of ether oxygens (including phenoxy) is 2. The van der Waals surface area contributed by atoms with Crippen LogP contribution < -0.4 is 19.7 Å². The quantitative estimate of drug-likeness (QED) is 0.319. The monoisotopic (exact) mass is 472 g/mol. The first-order valence-corrected chi connectivity index (χ1v) is 11.1. The summed E-state index contributed by atoms with van der Waals surface area (Å²) in [7, 11) is 1.55. The summed E-state index contributed by atoms with van der Waals surface area (Å²) in [5, 5.41) is 2.64. The molecule has 0 atom stereocenters. The largest absolute Gasteiger partial charge is 0.493 e. The number of amides is 2. The van der Waals surface area contributed by atoms with Crippen LogP contribution in [-0.4, -0.2) is 24.0 Å². The molecule has 0 bridgehead atoms. The Bertz CT molecular complexity index is 1280. The van der Waals surface area contributed by atoms with Crippen molar-refractivity contribution in [1.82, 2.24) is 5.32 Å². The third-order valence-electron chi connectivity index (χ3n) is 5.29. The van der Waals surface area contributed by atoms with Gasteiger partial charge in [-0.3, -0.25) is 19.8 Å². The maximum absolute atomic E-state index is 13.1. The van der Waals surface area contributed by atoms with Gasteiger partial charge in [0, 0.05) is 0 Å². The molecule has 1 fully saturated rings. The zero-order valence-electron chi connectivity index (χ0n) is 19.1. The van der Waals surface area contributed by atoms with Crippen LogP contribution in [0.4, 0.5) is 5.69 Å². The highest BCUT2D eigenvalue weighted by Gasteiger charge is 2.34. The minimum Gasteiger partial charge on any atom is -0.493 e. The Morgan fingerprint density at radius 3 is 2.32 bits per heavy atom. The SMILES string of the molecule is COc1cc(/C=C2/C(=O)NC(=S)N(c3ccccc3)C2=O)ccc1OCc1cc(C)cc(C)c1. The van der Waals surface area contributed by atoms with Crippen molar-refractivity contribution in [2.75, 3.05) is 12.0 Å². The summed E-state index contributed by atoms with van der Waals surface area (Å²) in [6, 6.07) is 20.5. The van der Waals surface area contributed by atoms with Crippen molar-refractivity contribution in [2.45, 2.75) is 20.5 Å². The average Bonchev–Trinajstić information content (AvgIpc) is 2.80. The van der Waals surface area contributed by atoms with E-state index in [1.165, 1.54) is 22.1 Å². The Morgan fingerprint density at radius 2 is 1.65 bits per heavy atom. The van der Waals surface area contributed by atoms with E-state index in [0.717, 1.165) is 5.56 Å². The molecule has 34 heavy (non-hydrogen) atoms. The van der Waals surface area contributed by atoms with Crippen molar-refractivity contribution >= 4 is 40.9 Å². The van der Waals surface area contributed by atoms with Gasteiger partial charge in [0.25, 0.3) is 11.8 Å². The third-order valence-corrected chi connectivity index (χ3v) is 5.58. The van der Waals surface area contributed by atoms with Crippen LogP contribution in [0.25, 0.3) is 6.08 Å². The molecule has 172 valence electrons. The van der Waals surface area contributed by atoms with Gasteiger partial charge >= 0.3 is 0 Å². The molecular weight excluding hydrogens is 448 g/mol. The second kappa shape index (κ2) is 9.89. The number of rotatable bonds is 6. The predicted molar refractivity (Wildman–Crippen MR) is 136 cm³/mol. The van der Waals surface area contributed by atoms with Crippen molar-refractivity contribution in [2.24, 2.45) is 0 Å². The molecule has 1 aliphatic heterocycles. The van der Waals surface area contributed by atoms with Crippen LogP contribution >= 0.6 is 12.2 Å². The Hall–Kier alpha value is -3.97. The van der Waals surface area contributed by atoms with Gasteiger partial charge in [-0.15, -0.1) is 0 Å². The first kappa shape index (κ1) is 23.2. The van der Waals surface area contributed by atoms with Gasteiger partial charge < -0.3 is 9.47 Å². The minimum atomic E-state index is -0.545. The summed E-state index contributed by atoms with van der Waals surface area (Å²) in [6.07, 6.45) is 1.52. The number of hydrogen-bond donors (Lipinski definition) is 1. The predicted octanol–water partition coefficient (Wildman–Crippen LogP) is 4.72. The molecule has 2 amide bonds. The average molecular weight is 473 g/mol. The normalized spacial score (nSPS) is 14.9. The van der Waals surface area contributed by atoms with E-state index in [-0.39, 0.29) is 10.7 Å². The summed E-state index contributed by atoms with van der Waals surface area (Å²) in [4.78, 5) is 27.0. The lowest BCUT2D eigenvalue weighted by Crippen LogP contribution is -2.54. The highest BCUT2D eigenvalue weighted by atomic mass is 32.1. The zero-order valence-corrected chi connectivity index (χ0v) is 19.9. The number of carbonyl (C=O) groups is 2. The molecule has 6 nitrogen and oxygen atoms in total. The van der Waals surface area contributed by atoms with E-state index >= 15 is 0 Å². The second-order valence-electron chi connectivity index (χ2n) is 7.99. The van der Waals surface area contributed by atoms with E-state index in [2.05, 4.69) is 23.5 Å². The molecule has 1 aliphatic rings. The van der Waals surface area contributed by atoms with Crippen molar-refractivity contribution in [3.05, 3.63) is 94.6 Å². The lowest BCUT2D eigenvalue weighted by atomic mass is 10.1. The number of carbonyl (C=O) groups excluding carboxylic acids is 2. The number of benzene rings is 3. The van der Waals surface area contributed by atoms with E-state index in [4.69, 9.17) is 21.7 Å². The Balaban J connectivity index is 1.59. The first-order valence-electron chi connectivity index (χ1n) is 10.7. The van der Waals surface area contributed by atoms with Crippen LogP contribution in [0.3, 0.4) is 0 Å². The summed E-state index contributed by atoms with van der Waals surface area (Å²) in [5.74, 6) is 0.0264. The number of thiocarbonyl (C=S) groups is 1. The Labute approximate surface area is 203 Å². The summed E-state index contributed by atoms with van der Waals surface area (Å²) >= 11 is 5.23. The molecule has 1 heterocycles.